The minimum absolute atomic E-state index is 0.155. The molecule has 0 spiro atoms. The van der Waals surface area contributed by atoms with Crippen LogP contribution in [0.25, 0.3) is 21.5 Å². The zero-order chi connectivity index (χ0) is 18.6. The Morgan fingerprint density at radius 2 is 2.04 bits per heavy atom. The van der Waals surface area contributed by atoms with E-state index in [1.165, 1.54) is 11.3 Å². The highest BCUT2D eigenvalue weighted by Gasteiger charge is 2.16. The summed E-state index contributed by atoms with van der Waals surface area (Å²) >= 11 is 1.53. The van der Waals surface area contributed by atoms with E-state index in [1.807, 2.05) is 60.0 Å². The molecule has 1 amide bonds. The number of rotatable bonds is 6. The molecule has 0 bridgehead atoms. The molecule has 2 aromatic carbocycles. The fourth-order valence-electron chi connectivity index (χ4n) is 2.64. The van der Waals surface area contributed by atoms with Gasteiger partial charge in [0, 0.05) is 0 Å². The smallest absolute Gasteiger partial charge is 0.261 e. The Bertz CT molecular complexity index is 1060. The fraction of sp³-hybridized carbons (Fsp3) is 0.150. The summed E-state index contributed by atoms with van der Waals surface area (Å²) in [5, 5.41) is 10.8. The van der Waals surface area contributed by atoms with Crippen LogP contribution in [-0.2, 0) is 11.3 Å². The Balaban J connectivity index is 1.35. The van der Waals surface area contributed by atoms with Crippen LogP contribution in [0, 0.1) is 0 Å². The number of benzene rings is 2. The third-order valence-corrected chi connectivity index (χ3v) is 4.89. The molecule has 7 heteroatoms. The van der Waals surface area contributed by atoms with Crippen molar-refractivity contribution in [2.45, 2.75) is 19.6 Å². The van der Waals surface area contributed by atoms with Crippen LogP contribution in [0.2, 0.25) is 0 Å². The van der Waals surface area contributed by atoms with Crippen LogP contribution < -0.4 is 10.1 Å². The van der Waals surface area contributed by atoms with Gasteiger partial charge in [-0.2, -0.15) is 4.98 Å². The number of amides is 1. The summed E-state index contributed by atoms with van der Waals surface area (Å²) in [7, 11) is 0. The van der Waals surface area contributed by atoms with Gasteiger partial charge in [-0.25, -0.2) is 0 Å². The predicted octanol–water partition coefficient (Wildman–Crippen LogP) is 4.04. The number of thiophene rings is 1. The molecule has 2 heterocycles. The van der Waals surface area contributed by atoms with Gasteiger partial charge >= 0.3 is 0 Å². The molecule has 0 aliphatic heterocycles. The average Bonchev–Trinajstić information content (AvgIpc) is 3.37. The van der Waals surface area contributed by atoms with Gasteiger partial charge in [0.05, 0.1) is 11.4 Å². The SMILES string of the molecule is C[C@H](Oc1ccc2ccccc2c1)C(=O)NCc1nc(-c2cccs2)no1. The van der Waals surface area contributed by atoms with Crippen molar-refractivity contribution >= 4 is 28.0 Å². The van der Waals surface area contributed by atoms with Gasteiger partial charge in [0.15, 0.2) is 6.10 Å². The topological polar surface area (TPSA) is 77.2 Å². The standard InChI is InChI=1S/C20H17N3O3S/c1-13(25-16-9-8-14-5-2-3-6-15(14)11-16)20(24)21-12-18-22-19(23-26-18)17-7-4-10-27-17/h2-11,13H,12H2,1H3,(H,21,24)/t13-/m0/s1. The minimum atomic E-state index is -0.647. The number of fused-ring (bicyclic) bond motifs is 1. The van der Waals surface area contributed by atoms with Crippen LogP contribution in [0.3, 0.4) is 0 Å². The highest BCUT2D eigenvalue weighted by Crippen LogP contribution is 2.22. The minimum Gasteiger partial charge on any atom is -0.481 e. The van der Waals surface area contributed by atoms with E-state index < -0.39 is 6.10 Å². The molecule has 2 aromatic heterocycles. The molecule has 0 saturated carbocycles. The van der Waals surface area contributed by atoms with Gasteiger partial charge in [-0.05, 0) is 41.3 Å². The van der Waals surface area contributed by atoms with Crippen LogP contribution in [-0.4, -0.2) is 22.2 Å². The number of carbonyl (C=O) groups is 1. The van der Waals surface area contributed by atoms with Crippen LogP contribution >= 0.6 is 11.3 Å². The lowest BCUT2D eigenvalue weighted by Crippen LogP contribution is -2.35. The first-order valence-corrected chi connectivity index (χ1v) is 9.36. The molecule has 6 nitrogen and oxygen atoms in total. The molecule has 0 unspecified atom stereocenters. The van der Waals surface area contributed by atoms with Crippen molar-refractivity contribution in [1.29, 1.82) is 0 Å². The molecular formula is C20H17N3O3S. The maximum atomic E-state index is 12.3. The second-order valence-electron chi connectivity index (χ2n) is 5.98. The normalized spacial score (nSPS) is 12.0. The van der Waals surface area contributed by atoms with E-state index in [0.29, 0.717) is 17.5 Å². The molecule has 1 N–H and O–H groups in total. The first kappa shape index (κ1) is 17.2. The zero-order valence-corrected chi connectivity index (χ0v) is 15.4. The molecule has 4 aromatic rings. The van der Waals surface area contributed by atoms with Crippen molar-refractivity contribution in [2.24, 2.45) is 0 Å². The van der Waals surface area contributed by atoms with Gasteiger partial charge < -0.3 is 14.6 Å². The van der Waals surface area contributed by atoms with E-state index in [4.69, 9.17) is 9.26 Å². The number of hydrogen-bond donors (Lipinski definition) is 1. The lowest BCUT2D eigenvalue weighted by atomic mass is 10.1. The fourth-order valence-corrected chi connectivity index (χ4v) is 3.29. The van der Waals surface area contributed by atoms with Crippen molar-refractivity contribution in [2.75, 3.05) is 0 Å². The van der Waals surface area contributed by atoms with Gasteiger partial charge in [0.1, 0.15) is 5.75 Å². The highest BCUT2D eigenvalue weighted by molar-refractivity contribution is 7.13. The number of hydrogen-bond acceptors (Lipinski definition) is 6. The maximum absolute atomic E-state index is 12.3. The molecule has 0 radical (unpaired) electrons. The van der Waals surface area contributed by atoms with Crippen molar-refractivity contribution in [3.05, 3.63) is 65.9 Å². The molecule has 136 valence electrons. The number of nitrogens with one attached hydrogen (secondary N) is 1. The lowest BCUT2D eigenvalue weighted by Gasteiger charge is -2.14. The van der Waals surface area contributed by atoms with Gasteiger partial charge in [0.2, 0.25) is 11.7 Å². The number of carbonyl (C=O) groups excluding carboxylic acids is 1. The quantitative estimate of drug-likeness (QED) is 0.547. The number of ether oxygens (including phenoxy) is 1. The van der Waals surface area contributed by atoms with E-state index in [0.717, 1.165) is 15.6 Å². The average molecular weight is 379 g/mol. The Labute approximate surface area is 159 Å². The van der Waals surface area contributed by atoms with Crippen molar-refractivity contribution in [3.8, 4) is 16.5 Å². The van der Waals surface area contributed by atoms with E-state index in [1.54, 1.807) is 6.92 Å². The summed E-state index contributed by atoms with van der Waals surface area (Å²) in [6.45, 7) is 1.86. The Hall–Kier alpha value is -3.19. The predicted molar refractivity (Wildman–Crippen MR) is 103 cm³/mol. The molecule has 0 aliphatic carbocycles. The summed E-state index contributed by atoms with van der Waals surface area (Å²) in [5.74, 6) is 1.27. The van der Waals surface area contributed by atoms with Crippen molar-refractivity contribution in [3.63, 3.8) is 0 Å². The van der Waals surface area contributed by atoms with Crippen LogP contribution in [0.15, 0.2) is 64.5 Å². The van der Waals surface area contributed by atoms with E-state index in [-0.39, 0.29) is 12.5 Å². The molecule has 4 rings (SSSR count). The molecule has 0 saturated heterocycles. The Kier molecular flexibility index (Phi) is 4.84. The molecule has 0 fully saturated rings. The van der Waals surface area contributed by atoms with Gasteiger partial charge in [0.25, 0.3) is 5.91 Å². The summed E-state index contributed by atoms with van der Waals surface area (Å²) in [4.78, 5) is 17.5. The maximum Gasteiger partial charge on any atom is 0.261 e. The number of nitrogens with zero attached hydrogens (tertiary/aromatic N) is 2. The summed E-state index contributed by atoms with van der Waals surface area (Å²) in [5.41, 5.74) is 0. The Morgan fingerprint density at radius 3 is 2.85 bits per heavy atom. The van der Waals surface area contributed by atoms with E-state index >= 15 is 0 Å². The Morgan fingerprint density at radius 1 is 1.19 bits per heavy atom. The third-order valence-electron chi connectivity index (χ3n) is 4.03. The van der Waals surface area contributed by atoms with Crippen molar-refractivity contribution < 1.29 is 14.1 Å². The van der Waals surface area contributed by atoms with Crippen LogP contribution in [0.4, 0.5) is 0 Å². The second-order valence-corrected chi connectivity index (χ2v) is 6.92. The first-order valence-electron chi connectivity index (χ1n) is 8.49. The van der Waals surface area contributed by atoms with E-state index in [9.17, 15) is 4.79 Å². The molecule has 27 heavy (non-hydrogen) atoms. The van der Waals surface area contributed by atoms with Crippen molar-refractivity contribution in [1.82, 2.24) is 15.5 Å². The summed E-state index contributed by atoms with van der Waals surface area (Å²) in [6, 6.07) is 17.6. The monoisotopic (exact) mass is 379 g/mol. The lowest BCUT2D eigenvalue weighted by molar-refractivity contribution is -0.127. The van der Waals surface area contributed by atoms with Crippen LogP contribution in [0.1, 0.15) is 12.8 Å². The van der Waals surface area contributed by atoms with Gasteiger partial charge in [-0.15, -0.1) is 11.3 Å². The molecule has 0 aliphatic rings. The largest absolute Gasteiger partial charge is 0.481 e. The van der Waals surface area contributed by atoms with E-state index in [2.05, 4.69) is 15.5 Å². The number of aromatic nitrogens is 2. The zero-order valence-electron chi connectivity index (χ0n) is 14.6. The molecule has 1 atom stereocenters. The van der Waals surface area contributed by atoms with Crippen LogP contribution in [0.5, 0.6) is 5.75 Å². The van der Waals surface area contributed by atoms with Gasteiger partial charge in [-0.1, -0.05) is 41.6 Å². The molecular weight excluding hydrogens is 362 g/mol. The summed E-state index contributed by atoms with van der Waals surface area (Å²) < 4.78 is 10.9. The first-order chi connectivity index (χ1) is 13.2. The second kappa shape index (κ2) is 7.59. The third kappa shape index (κ3) is 3.98. The van der Waals surface area contributed by atoms with Gasteiger partial charge in [-0.3, -0.25) is 4.79 Å². The summed E-state index contributed by atoms with van der Waals surface area (Å²) in [6.07, 6.45) is -0.647. The highest BCUT2D eigenvalue weighted by atomic mass is 32.1.